The van der Waals surface area contributed by atoms with Crippen LogP contribution < -0.4 is 9.62 Å². The summed E-state index contributed by atoms with van der Waals surface area (Å²) >= 11 is 0. The minimum absolute atomic E-state index is 0.117. The molecular formula is C19H24N2O3S. The SMILES string of the molecule is CC[C@@H](C)NC(=O)c1ccc(CN(c2ccccc2)S(C)(=O)=O)cc1. The molecule has 2 rings (SSSR count). The van der Waals surface area contributed by atoms with Crippen molar-refractivity contribution in [1.29, 1.82) is 0 Å². The first-order chi connectivity index (χ1) is 11.8. The molecule has 1 amide bonds. The maximum atomic E-state index is 12.1. The van der Waals surface area contributed by atoms with E-state index in [4.69, 9.17) is 0 Å². The number of nitrogens with zero attached hydrogens (tertiary/aromatic N) is 1. The fourth-order valence-electron chi connectivity index (χ4n) is 2.33. The van der Waals surface area contributed by atoms with Crippen molar-refractivity contribution in [3.63, 3.8) is 0 Å². The number of sulfonamides is 1. The summed E-state index contributed by atoms with van der Waals surface area (Å²) in [5.41, 5.74) is 1.99. The quantitative estimate of drug-likeness (QED) is 0.825. The van der Waals surface area contributed by atoms with Gasteiger partial charge in [0.1, 0.15) is 0 Å². The maximum absolute atomic E-state index is 12.1. The second-order valence-corrected chi connectivity index (χ2v) is 7.99. The highest BCUT2D eigenvalue weighted by atomic mass is 32.2. The van der Waals surface area contributed by atoms with Gasteiger partial charge in [0.15, 0.2) is 0 Å². The second-order valence-electron chi connectivity index (χ2n) is 6.08. The second kappa shape index (κ2) is 8.16. The Balaban J connectivity index is 2.17. The third-order valence-corrected chi connectivity index (χ3v) is 5.12. The summed E-state index contributed by atoms with van der Waals surface area (Å²) in [7, 11) is -3.41. The van der Waals surface area contributed by atoms with Crippen molar-refractivity contribution < 1.29 is 13.2 Å². The molecule has 1 N–H and O–H groups in total. The summed E-state index contributed by atoms with van der Waals surface area (Å²) in [5, 5.41) is 2.91. The van der Waals surface area contributed by atoms with E-state index in [-0.39, 0.29) is 18.5 Å². The Morgan fingerprint density at radius 3 is 2.20 bits per heavy atom. The van der Waals surface area contributed by atoms with Gasteiger partial charge in [-0.3, -0.25) is 9.10 Å². The van der Waals surface area contributed by atoms with E-state index in [1.54, 1.807) is 48.5 Å². The molecule has 0 saturated heterocycles. The standard InChI is InChI=1S/C19H24N2O3S/c1-4-15(2)20-19(22)17-12-10-16(11-13-17)14-21(25(3,23)24)18-8-6-5-7-9-18/h5-13,15H,4,14H2,1-3H3,(H,20,22)/t15-/m1/s1. The van der Waals surface area contributed by atoms with Crippen LogP contribution in [0.15, 0.2) is 54.6 Å². The predicted octanol–water partition coefficient (Wildman–Crippen LogP) is 3.18. The normalized spacial score (nSPS) is 12.4. The monoisotopic (exact) mass is 360 g/mol. The lowest BCUT2D eigenvalue weighted by atomic mass is 10.1. The molecule has 134 valence electrons. The highest BCUT2D eigenvalue weighted by molar-refractivity contribution is 7.92. The highest BCUT2D eigenvalue weighted by Crippen LogP contribution is 2.20. The van der Waals surface area contributed by atoms with E-state index >= 15 is 0 Å². The molecule has 0 fully saturated rings. The van der Waals surface area contributed by atoms with Crippen LogP contribution in [0.4, 0.5) is 5.69 Å². The minimum Gasteiger partial charge on any atom is -0.350 e. The highest BCUT2D eigenvalue weighted by Gasteiger charge is 2.18. The Kier molecular flexibility index (Phi) is 6.20. The van der Waals surface area contributed by atoms with Crippen LogP contribution in [0.2, 0.25) is 0 Å². The average Bonchev–Trinajstić information content (AvgIpc) is 2.59. The van der Waals surface area contributed by atoms with Crippen LogP contribution in [-0.2, 0) is 16.6 Å². The van der Waals surface area contributed by atoms with Gasteiger partial charge in [0.25, 0.3) is 5.91 Å². The average molecular weight is 360 g/mol. The van der Waals surface area contributed by atoms with E-state index < -0.39 is 10.0 Å². The van der Waals surface area contributed by atoms with E-state index in [0.717, 1.165) is 12.0 Å². The molecule has 0 aromatic heterocycles. The van der Waals surface area contributed by atoms with Crippen molar-refractivity contribution in [3.8, 4) is 0 Å². The third kappa shape index (κ3) is 5.32. The van der Waals surface area contributed by atoms with E-state index in [0.29, 0.717) is 11.3 Å². The van der Waals surface area contributed by atoms with Crippen LogP contribution in [0, 0.1) is 0 Å². The number of amides is 1. The van der Waals surface area contributed by atoms with Crippen molar-refractivity contribution in [2.75, 3.05) is 10.6 Å². The molecule has 0 radical (unpaired) electrons. The van der Waals surface area contributed by atoms with Gasteiger partial charge in [-0.25, -0.2) is 8.42 Å². The Hall–Kier alpha value is -2.34. The molecule has 0 saturated carbocycles. The van der Waals surface area contributed by atoms with E-state index in [1.165, 1.54) is 10.6 Å². The summed E-state index contributed by atoms with van der Waals surface area (Å²) < 4.78 is 25.6. The predicted molar refractivity (Wildman–Crippen MR) is 101 cm³/mol. The number of rotatable bonds is 7. The Labute approximate surface area is 149 Å². The van der Waals surface area contributed by atoms with Gasteiger partial charge in [-0.2, -0.15) is 0 Å². The number of nitrogens with one attached hydrogen (secondary N) is 1. The van der Waals surface area contributed by atoms with Gasteiger partial charge >= 0.3 is 0 Å². The molecule has 6 heteroatoms. The zero-order valence-electron chi connectivity index (χ0n) is 14.8. The molecule has 0 aliphatic rings. The molecule has 0 aliphatic carbocycles. The first kappa shape index (κ1) is 19.0. The van der Waals surface area contributed by atoms with Crippen molar-refractivity contribution in [2.24, 2.45) is 0 Å². The summed E-state index contributed by atoms with van der Waals surface area (Å²) in [6, 6.07) is 16.1. The number of hydrogen-bond acceptors (Lipinski definition) is 3. The maximum Gasteiger partial charge on any atom is 0.251 e. The van der Waals surface area contributed by atoms with E-state index in [9.17, 15) is 13.2 Å². The van der Waals surface area contributed by atoms with Gasteiger partial charge in [0, 0.05) is 11.6 Å². The largest absolute Gasteiger partial charge is 0.350 e. The Morgan fingerprint density at radius 2 is 1.68 bits per heavy atom. The van der Waals surface area contributed by atoms with Crippen LogP contribution in [0.5, 0.6) is 0 Å². The summed E-state index contributed by atoms with van der Waals surface area (Å²) in [5.74, 6) is -0.121. The number of anilines is 1. The Morgan fingerprint density at radius 1 is 1.08 bits per heavy atom. The van der Waals surface area contributed by atoms with Crippen LogP contribution in [0.25, 0.3) is 0 Å². The van der Waals surface area contributed by atoms with Crippen LogP contribution in [-0.4, -0.2) is 26.6 Å². The number of benzene rings is 2. The lowest BCUT2D eigenvalue weighted by molar-refractivity contribution is 0.0939. The molecule has 0 aliphatic heterocycles. The zero-order valence-corrected chi connectivity index (χ0v) is 15.6. The van der Waals surface area contributed by atoms with Crippen molar-refractivity contribution >= 4 is 21.6 Å². The van der Waals surface area contributed by atoms with Crippen LogP contribution >= 0.6 is 0 Å². The molecule has 0 bridgehead atoms. The van der Waals surface area contributed by atoms with E-state index in [2.05, 4.69) is 5.32 Å². The molecule has 5 nitrogen and oxygen atoms in total. The van der Waals surface area contributed by atoms with Gasteiger partial charge in [0.05, 0.1) is 18.5 Å². The molecule has 0 spiro atoms. The summed E-state index contributed by atoms with van der Waals surface area (Å²) in [6.07, 6.45) is 2.05. The summed E-state index contributed by atoms with van der Waals surface area (Å²) in [6.45, 7) is 4.18. The molecule has 2 aromatic rings. The first-order valence-corrected chi connectivity index (χ1v) is 10.1. The fraction of sp³-hybridized carbons (Fsp3) is 0.316. The molecule has 0 heterocycles. The third-order valence-electron chi connectivity index (χ3n) is 3.98. The lowest BCUT2D eigenvalue weighted by Gasteiger charge is -2.22. The fourth-order valence-corrected chi connectivity index (χ4v) is 3.22. The number of hydrogen-bond donors (Lipinski definition) is 1. The smallest absolute Gasteiger partial charge is 0.251 e. The zero-order chi connectivity index (χ0) is 18.4. The summed E-state index contributed by atoms with van der Waals surface area (Å²) in [4.78, 5) is 12.1. The first-order valence-electron chi connectivity index (χ1n) is 8.24. The van der Waals surface area contributed by atoms with Gasteiger partial charge in [-0.15, -0.1) is 0 Å². The number of carbonyl (C=O) groups excluding carboxylic acids is 1. The van der Waals surface area contributed by atoms with E-state index in [1.807, 2.05) is 19.9 Å². The Bertz CT molecular complexity index is 802. The van der Waals surface area contributed by atoms with Crippen molar-refractivity contribution in [1.82, 2.24) is 5.32 Å². The molecular weight excluding hydrogens is 336 g/mol. The topological polar surface area (TPSA) is 66.5 Å². The molecule has 1 atom stereocenters. The van der Waals surface area contributed by atoms with Crippen molar-refractivity contribution in [2.45, 2.75) is 32.9 Å². The van der Waals surface area contributed by atoms with Gasteiger partial charge in [-0.05, 0) is 43.2 Å². The lowest BCUT2D eigenvalue weighted by Crippen LogP contribution is -2.32. The minimum atomic E-state index is -3.41. The van der Waals surface area contributed by atoms with Crippen LogP contribution in [0.3, 0.4) is 0 Å². The van der Waals surface area contributed by atoms with Gasteiger partial charge in [-0.1, -0.05) is 37.3 Å². The van der Waals surface area contributed by atoms with Crippen LogP contribution in [0.1, 0.15) is 36.2 Å². The number of carbonyl (C=O) groups is 1. The van der Waals surface area contributed by atoms with Crippen molar-refractivity contribution in [3.05, 3.63) is 65.7 Å². The molecule has 25 heavy (non-hydrogen) atoms. The number of para-hydroxylation sites is 1. The van der Waals surface area contributed by atoms with Gasteiger partial charge < -0.3 is 5.32 Å². The molecule has 0 unspecified atom stereocenters. The van der Waals surface area contributed by atoms with Gasteiger partial charge in [0.2, 0.25) is 10.0 Å². The molecule has 2 aromatic carbocycles.